The van der Waals surface area contributed by atoms with Gasteiger partial charge in [0.25, 0.3) is 0 Å². The van der Waals surface area contributed by atoms with E-state index >= 15 is 0 Å². The van der Waals surface area contributed by atoms with E-state index in [4.69, 9.17) is 4.74 Å². The molecule has 1 aliphatic rings. The van der Waals surface area contributed by atoms with E-state index in [1.807, 2.05) is 18.2 Å². The molecule has 0 bridgehead atoms. The molecule has 2 aromatic carbocycles. The largest absolute Gasteiger partial charge is 0.493 e. The summed E-state index contributed by atoms with van der Waals surface area (Å²) in [6.45, 7) is 0.721. The third kappa shape index (κ3) is 2.76. The van der Waals surface area contributed by atoms with Crippen LogP contribution in [0.15, 0.2) is 42.5 Å². The van der Waals surface area contributed by atoms with Crippen molar-refractivity contribution in [2.24, 2.45) is 5.73 Å². The minimum Gasteiger partial charge on any atom is -0.493 e. The second-order valence-corrected chi connectivity index (χ2v) is 4.23. The average Bonchev–Trinajstić information content (AvgIpc) is 2.49. The van der Waals surface area contributed by atoms with Gasteiger partial charge in [-0.2, -0.15) is 0 Å². The van der Waals surface area contributed by atoms with E-state index in [1.165, 1.54) is 18.7 Å². The molecule has 1 aliphatic heterocycles. The van der Waals surface area contributed by atoms with Gasteiger partial charge in [-0.15, -0.1) is 0 Å². The Hall–Kier alpha value is -1.87. The summed E-state index contributed by atoms with van der Waals surface area (Å²) in [7, 11) is 1.50. The lowest BCUT2D eigenvalue weighted by Crippen LogP contribution is -2.09. The molecule has 19 heavy (non-hydrogen) atoms. The van der Waals surface area contributed by atoms with Crippen molar-refractivity contribution >= 4 is 0 Å². The minimum atomic E-state index is -0.199. The van der Waals surface area contributed by atoms with Crippen LogP contribution in [0.5, 0.6) is 5.75 Å². The maximum absolute atomic E-state index is 13.8. The molecule has 0 aromatic heterocycles. The number of ether oxygens (including phenoxy) is 1. The second-order valence-electron chi connectivity index (χ2n) is 4.23. The first-order valence-electron chi connectivity index (χ1n) is 6.43. The van der Waals surface area contributed by atoms with Gasteiger partial charge in [0.15, 0.2) is 0 Å². The summed E-state index contributed by atoms with van der Waals surface area (Å²) in [4.78, 5) is 0. The van der Waals surface area contributed by atoms with Crippen molar-refractivity contribution in [3.8, 4) is 16.9 Å². The minimum absolute atomic E-state index is 0.199. The lowest BCUT2D eigenvalue weighted by Gasteiger charge is -2.20. The first-order valence-corrected chi connectivity index (χ1v) is 6.43. The summed E-state index contributed by atoms with van der Waals surface area (Å²) in [6, 6.07) is 12.8. The molecule has 1 heterocycles. The molecule has 0 saturated heterocycles. The van der Waals surface area contributed by atoms with Crippen LogP contribution in [0.4, 0.5) is 4.39 Å². The van der Waals surface area contributed by atoms with Crippen LogP contribution >= 0.6 is 0 Å². The summed E-state index contributed by atoms with van der Waals surface area (Å²) < 4.78 is 19.5. The van der Waals surface area contributed by atoms with Gasteiger partial charge in [-0.05, 0) is 31.5 Å². The van der Waals surface area contributed by atoms with Crippen LogP contribution in [0.1, 0.15) is 12.0 Å². The Morgan fingerprint density at radius 2 is 1.74 bits per heavy atom. The molecule has 2 nitrogen and oxygen atoms in total. The van der Waals surface area contributed by atoms with Crippen molar-refractivity contribution in [1.82, 2.24) is 0 Å². The van der Waals surface area contributed by atoms with Crippen molar-refractivity contribution in [3.05, 3.63) is 53.8 Å². The van der Waals surface area contributed by atoms with Gasteiger partial charge in [-0.1, -0.05) is 36.4 Å². The topological polar surface area (TPSA) is 35.2 Å². The molecule has 0 radical (unpaired) electrons. The van der Waals surface area contributed by atoms with E-state index in [0.717, 1.165) is 30.8 Å². The number of rotatable bonds is 1. The van der Waals surface area contributed by atoms with E-state index in [9.17, 15) is 4.39 Å². The third-order valence-corrected chi connectivity index (χ3v) is 3.10. The van der Waals surface area contributed by atoms with E-state index < -0.39 is 0 Å². The number of hydrogen-bond donors (Lipinski definition) is 1. The lowest BCUT2D eigenvalue weighted by molar-refractivity contribution is 0.289. The van der Waals surface area contributed by atoms with Crippen molar-refractivity contribution in [2.45, 2.75) is 12.8 Å². The smallest absolute Gasteiger partial charge is 0.131 e. The van der Waals surface area contributed by atoms with Gasteiger partial charge in [-0.25, -0.2) is 4.39 Å². The molecule has 0 aliphatic carbocycles. The second kappa shape index (κ2) is 6.34. The van der Waals surface area contributed by atoms with Gasteiger partial charge in [0.05, 0.1) is 6.61 Å². The number of hydrogen-bond acceptors (Lipinski definition) is 2. The first-order chi connectivity index (χ1) is 9.36. The maximum Gasteiger partial charge on any atom is 0.131 e. The average molecular weight is 259 g/mol. The van der Waals surface area contributed by atoms with Gasteiger partial charge >= 0.3 is 0 Å². The van der Waals surface area contributed by atoms with Crippen LogP contribution in [0, 0.1) is 5.82 Å². The number of nitrogens with two attached hydrogens (primary N) is 1. The van der Waals surface area contributed by atoms with Gasteiger partial charge < -0.3 is 10.5 Å². The summed E-state index contributed by atoms with van der Waals surface area (Å²) in [5.41, 5.74) is 7.16. The molecule has 2 aromatic rings. The van der Waals surface area contributed by atoms with Gasteiger partial charge in [0.2, 0.25) is 0 Å². The molecule has 0 saturated carbocycles. The Morgan fingerprint density at radius 1 is 1.00 bits per heavy atom. The van der Waals surface area contributed by atoms with Crippen molar-refractivity contribution < 1.29 is 9.13 Å². The normalized spacial score (nSPS) is 12.8. The first kappa shape index (κ1) is 13.6. The number of halogens is 1. The van der Waals surface area contributed by atoms with E-state index in [0.29, 0.717) is 5.56 Å². The fourth-order valence-corrected chi connectivity index (χ4v) is 2.28. The van der Waals surface area contributed by atoms with Crippen molar-refractivity contribution in [2.75, 3.05) is 13.7 Å². The predicted molar refractivity (Wildman–Crippen MR) is 75.8 cm³/mol. The molecule has 100 valence electrons. The SMILES string of the molecule is CN.Fc1ccccc1-c1cccc2c1OCCC2. The van der Waals surface area contributed by atoms with E-state index in [1.54, 1.807) is 12.1 Å². The van der Waals surface area contributed by atoms with E-state index in [-0.39, 0.29) is 5.82 Å². The molecule has 0 unspecified atom stereocenters. The molecule has 0 fully saturated rings. The Bertz CT molecular complexity index is 554. The van der Waals surface area contributed by atoms with Crippen molar-refractivity contribution in [1.29, 1.82) is 0 Å². The zero-order valence-corrected chi connectivity index (χ0v) is 11.0. The molecule has 3 heteroatoms. The Balaban J connectivity index is 0.000000637. The fourth-order valence-electron chi connectivity index (χ4n) is 2.28. The zero-order valence-electron chi connectivity index (χ0n) is 11.0. The number of fused-ring (bicyclic) bond motifs is 1. The standard InChI is InChI=1S/C15H13FO.CH5N/c16-14-9-2-1-7-12(14)13-8-3-5-11-6-4-10-17-15(11)13;1-2/h1-3,5,7-9H,4,6,10H2;2H2,1H3. The highest BCUT2D eigenvalue weighted by atomic mass is 19.1. The highest BCUT2D eigenvalue weighted by Gasteiger charge is 2.16. The number of para-hydroxylation sites is 1. The van der Waals surface area contributed by atoms with Crippen LogP contribution < -0.4 is 10.5 Å². The Labute approximate surface area is 113 Å². The Morgan fingerprint density at radius 3 is 2.53 bits per heavy atom. The van der Waals surface area contributed by atoms with Gasteiger partial charge in [0, 0.05) is 11.1 Å². The monoisotopic (exact) mass is 259 g/mol. The summed E-state index contributed by atoms with van der Waals surface area (Å²) >= 11 is 0. The summed E-state index contributed by atoms with van der Waals surface area (Å²) in [6.07, 6.45) is 2.05. The Kier molecular flexibility index (Phi) is 4.53. The van der Waals surface area contributed by atoms with Crippen LogP contribution in [0.3, 0.4) is 0 Å². The van der Waals surface area contributed by atoms with Gasteiger partial charge in [0.1, 0.15) is 11.6 Å². The molecular formula is C16H18FNO. The third-order valence-electron chi connectivity index (χ3n) is 3.10. The summed E-state index contributed by atoms with van der Waals surface area (Å²) in [5.74, 6) is 0.652. The fraction of sp³-hybridized carbons (Fsp3) is 0.250. The predicted octanol–water partition coefficient (Wildman–Crippen LogP) is 3.39. The molecule has 0 atom stereocenters. The van der Waals surface area contributed by atoms with Crippen LogP contribution in [0.2, 0.25) is 0 Å². The van der Waals surface area contributed by atoms with Crippen LogP contribution in [-0.2, 0) is 6.42 Å². The molecule has 0 spiro atoms. The number of benzene rings is 2. The quantitative estimate of drug-likeness (QED) is 0.852. The lowest BCUT2D eigenvalue weighted by atomic mass is 9.97. The number of aryl methyl sites for hydroxylation is 1. The zero-order chi connectivity index (χ0) is 13.7. The van der Waals surface area contributed by atoms with Crippen LogP contribution in [0.25, 0.3) is 11.1 Å². The highest BCUT2D eigenvalue weighted by Crippen LogP contribution is 2.37. The van der Waals surface area contributed by atoms with Crippen molar-refractivity contribution in [3.63, 3.8) is 0 Å². The molecule has 0 amide bonds. The molecular weight excluding hydrogens is 241 g/mol. The molecule has 2 N–H and O–H groups in total. The maximum atomic E-state index is 13.8. The molecule has 3 rings (SSSR count). The van der Waals surface area contributed by atoms with E-state index in [2.05, 4.69) is 11.8 Å². The van der Waals surface area contributed by atoms with Gasteiger partial charge in [-0.3, -0.25) is 0 Å². The highest BCUT2D eigenvalue weighted by molar-refractivity contribution is 5.72. The summed E-state index contributed by atoms with van der Waals surface area (Å²) in [5, 5.41) is 0. The van der Waals surface area contributed by atoms with Crippen LogP contribution in [-0.4, -0.2) is 13.7 Å².